The van der Waals surface area contributed by atoms with Crippen LogP contribution in [0.4, 0.5) is 0 Å². The average molecular weight is 217 g/mol. The molecule has 0 unspecified atom stereocenters. The van der Waals surface area contributed by atoms with Gasteiger partial charge in [-0.25, -0.2) is 0 Å². The maximum absolute atomic E-state index is 5.73. The Bertz CT molecular complexity index is 166. The molecule has 84 valence electrons. The third kappa shape index (κ3) is 2.19. The predicted molar refractivity (Wildman–Crippen MR) is 60.3 cm³/mol. The summed E-state index contributed by atoms with van der Waals surface area (Å²) in [7, 11) is 1.51. The maximum Gasteiger partial charge on any atom is 0.429 e. The maximum atomic E-state index is 5.73. The third-order valence-corrected chi connectivity index (χ3v) is 7.07. The van der Waals surface area contributed by atoms with Gasteiger partial charge in [0.25, 0.3) is 0 Å². The molecule has 0 aromatic carbocycles. The molecular weight excluding hydrogens is 194 g/mol. The first kappa shape index (κ1) is 12.2. The Morgan fingerprint density at radius 3 is 1.86 bits per heavy atom. The van der Waals surface area contributed by atoms with Crippen molar-refractivity contribution in [3.63, 3.8) is 0 Å². The average Bonchev–Trinajstić information content (AvgIpc) is 2.22. The smallest absolute Gasteiger partial charge is 0.386 e. The topological polar surface area (TPSA) is 21.7 Å². The van der Waals surface area contributed by atoms with Crippen molar-refractivity contribution in [3.05, 3.63) is 0 Å². The predicted octanol–water partition coefficient (Wildman–Crippen LogP) is 2.11. The highest BCUT2D eigenvalue weighted by Gasteiger charge is 2.46. The summed E-state index contributed by atoms with van der Waals surface area (Å²) in [6.45, 7) is 6.69. The molecule has 1 aliphatic heterocycles. The van der Waals surface area contributed by atoms with E-state index in [1.54, 1.807) is 14.2 Å². The van der Waals surface area contributed by atoms with Crippen LogP contribution in [0.5, 0.6) is 0 Å². The van der Waals surface area contributed by atoms with Crippen molar-refractivity contribution < 1.29 is 8.85 Å². The van der Waals surface area contributed by atoms with E-state index in [9.17, 15) is 0 Å². The lowest BCUT2D eigenvalue weighted by Crippen LogP contribution is -2.61. The highest BCUT2D eigenvalue weighted by Crippen LogP contribution is 2.28. The normalized spacial score (nSPS) is 20.4. The molecule has 4 heteroatoms. The number of rotatable bonds is 4. The van der Waals surface area contributed by atoms with Crippen LogP contribution in [0.15, 0.2) is 0 Å². The zero-order valence-electron chi connectivity index (χ0n) is 9.88. The minimum absolute atomic E-state index is 0.482. The number of hydrogen-bond donors (Lipinski definition) is 0. The van der Waals surface area contributed by atoms with Gasteiger partial charge in [-0.1, -0.05) is 20.3 Å². The summed E-state index contributed by atoms with van der Waals surface area (Å²) in [5.74, 6) is 0. The second-order valence-corrected chi connectivity index (χ2v) is 8.11. The SMILES string of the molecule is CO[Si](OC)(C(C)C)N1CCCCC1. The lowest BCUT2D eigenvalue weighted by Gasteiger charge is -2.42. The zero-order valence-corrected chi connectivity index (χ0v) is 10.9. The molecular formula is C10H23NO2Si. The van der Waals surface area contributed by atoms with Gasteiger partial charge in [0, 0.05) is 19.8 Å². The fourth-order valence-electron chi connectivity index (χ4n) is 2.38. The third-order valence-electron chi connectivity index (χ3n) is 3.11. The molecule has 1 aliphatic rings. The van der Waals surface area contributed by atoms with Gasteiger partial charge in [0.15, 0.2) is 0 Å². The van der Waals surface area contributed by atoms with Gasteiger partial charge in [0.2, 0.25) is 0 Å². The van der Waals surface area contributed by atoms with Gasteiger partial charge in [-0.3, -0.25) is 4.57 Å². The van der Waals surface area contributed by atoms with Gasteiger partial charge >= 0.3 is 8.72 Å². The van der Waals surface area contributed by atoms with Crippen LogP contribution in [0.25, 0.3) is 0 Å². The molecule has 1 heterocycles. The molecule has 3 nitrogen and oxygen atoms in total. The van der Waals surface area contributed by atoms with E-state index in [1.807, 2.05) is 0 Å². The van der Waals surface area contributed by atoms with E-state index >= 15 is 0 Å². The Morgan fingerprint density at radius 1 is 1.00 bits per heavy atom. The zero-order chi connectivity index (χ0) is 10.6. The van der Waals surface area contributed by atoms with Crippen LogP contribution in [-0.2, 0) is 8.85 Å². The number of hydrogen-bond acceptors (Lipinski definition) is 3. The van der Waals surface area contributed by atoms with Crippen LogP contribution in [-0.4, -0.2) is 40.6 Å². The monoisotopic (exact) mass is 217 g/mol. The second-order valence-electron chi connectivity index (χ2n) is 4.24. The van der Waals surface area contributed by atoms with Gasteiger partial charge in [-0.05, 0) is 25.9 Å². The van der Waals surface area contributed by atoms with Crippen molar-refractivity contribution in [2.45, 2.75) is 38.7 Å². The van der Waals surface area contributed by atoms with Crippen LogP contribution >= 0.6 is 0 Å². The molecule has 0 amide bonds. The molecule has 1 rings (SSSR count). The molecule has 14 heavy (non-hydrogen) atoms. The van der Waals surface area contributed by atoms with Crippen molar-refractivity contribution in [1.29, 1.82) is 0 Å². The van der Waals surface area contributed by atoms with E-state index in [0.29, 0.717) is 5.54 Å². The van der Waals surface area contributed by atoms with E-state index < -0.39 is 8.72 Å². The molecule has 0 aliphatic carbocycles. The molecule has 0 spiro atoms. The minimum atomic E-state index is -2.09. The summed E-state index contributed by atoms with van der Waals surface area (Å²) >= 11 is 0. The molecule has 0 atom stereocenters. The first-order valence-corrected chi connectivity index (χ1v) is 7.37. The summed E-state index contributed by atoms with van der Waals surface area (Å²) in [6, 6.07) is 0. The van der Waals surface area contributed by atoms with Crippen LogP contribution in [0.3, 0.4) is 0 Å². The highest BCUT2D eigenvalue weighted by atomic mass is 28.4. The molecule has 0 aromatic rings. The van der Waals surface area contributed by atoms with Gasteiger partial charge in [0.05, 0.1) is 0 Å². The van der Waals surface area contributed by atoms with E-state index in [-0.39, 0.29) is 0 Å². The molecule has 0 N–H and O–H groups in total. The molecule has 0 radical (unpaired) electrons. The fourth-order valence-corrected chi connectivity index (χ4v) is 5.68. The van der Waals surface area contributed by atoms with Crippen LogP contribution < -0.4 is 0 Å². The molecule has 1 fully saturated rings. The summed E-state index contributed by atoms with van der Waals surface area (Å²) < 4.78 is 13.9. The molecule has 0 aromatic heterocycles. The molecule has 0 saturated carbocycles. The molecule has 1 saturated heterocycles. The van der Waals surface area contributed by atoms with E-state index in [4.69, 9.17) is 8.85 Å². The lowest BCUT2D eigenvalue weighted by atomic mass is 10.2. The van der Waals surface area contributed by atoms with Crippen molar-refractivity contribution >= 4 is 8.72 Å². The van der Waals surface area contributed by atoms with Crippen LogP contribution in [0, 0.1) is 0 Å². The van der Waals surface area contributed by atoms with Crippen molar-refractivity contribution in [2.75, 3.05) is 27.3 Å². The summed E-state index contributed by atoms with van der Waals surface area (Å²) in [6.07, 6.45) is 3.93. The van der Waals surface area contributed by atoms with E-state index in [0.717, 1.165) is 13.1 Å². The first-order valence-electron chi connectivity index (χ1n) is 5.52. The van der Waals surface area contributed by atoms with Gasteiger partial charge in [-0.15, -0.1) is 0 Å². The van der Waals surface area contributed by atoms with Crippen molar-refractivity contribution in [2.24, 2.45) is 0 Å². The number of piperidine rings is 1. The summed E-state index contributed by atoms with van der Waals surface area (Å²) in [4.78, 5) is 0. The summed E-state index contributed by atoms with van der Waals surface area (Å²) in [5, 5.41) is 0. The van der Waals surface area contributed by atoms with E-state index in [1.165, 1.54) is 19.3 Å². The highest BCUT2D eigenvalue weighted by molar-refractivity contribution is 6.65. The Hall–Kier alpha value is 0.0969. The second kappa shape index (κ2) is 5.26. The van der Waals surface area contributed by atoms with Gasteiger partial charge in [-0.2, -0.15) is 0 Å². The Kier molecular flexibility index (Phi) is 4.57. The van der Waals surface area contributed by atoms with Crippen molar-refractivity contribution in [3.8, 4) is 0 Å². The largest absolute Gasteiger partial charge is 0.429 e. The molecule has 0 bridgehead atoms. The first-order chi connectivity index (χ1) is 6.67. The Morgan fingerprint density at radius 2 is 1.50 bits per heavy atom. The van der Waals surface area contributed by atoms with E-state index in [2.05, 4.69) is 18.4 Å². The quantitative estimate of drug-likeness (QED) is 0.673. The number of nitrogens with zero attached hydrogens (tertiary/aromatic N) is 1. The Balaban J connectivity index is 2.73. The van der Waals surface area contributed by atoms with Gasteiger partial charge < -0.3 is 8.85 Å². The fraction of sp³-hybridized carbons (Fsp3) is 1.00. The Labute approximate surface area is 88.7 Å². The minimum Gasteiger partial charge on any atom is -0.386 e. The standard InChI is InChI=1S/C10H23NO2Si/c1-10(2)14(12-3,13-4)11-8-6-5-7-9-11/h10H,5-9H2,1-4H3. The van der Waals surface area contributed by atoms with Crippen LogP contribution in [0.1, 0.15) is 33.1 Å². The van der Waals surface area contributed by atoms with Crippen LogP contribution in [0.2, 0.25) is 5.54 Å². The van der Waals surface area contributed by atoms with Gasteiger partial charge in [0.1, 0.15) is 0 Å². The van der Waals surface area contributed by atoms with Crippen molar-refractivity contribution in [1.82, 2.24) is 4.57 Å². The summed E-state index contributed by atoms with van der Waals surface area (Å²) in [5.41, 5.74) is 0.482. The lowest BCUT2D eigenvalue weighted by molar-refractivity contribution is 0.140.